The van der Waals surface area contributed by atoms with Crippen molar-refractivity contribution in [2.45, 2.75) is 43.0 Å². The van der Waals surface area contributed by atoms with Crippen LogP contribution in [0.1, 0.15) is 54.1 Å². The van der Waals surface area contributed by atoms with E-state index >= 15 is 0 Å². The second-order valence-corrected chi connectivity index (χ2v) is 11.7. The van der Waals surface area contributed by atoms with Gasteiger partial charge in [0.1, 0.15) is 5.75 Å². The summed E-state index contributed by atoms with van der Waals surface area (Å²) in [4.78, 5) is 31.9. The molecule has 3 atom stereocenters. The van der Waals surface area contributed by atoms with E-state index in [0.717, 1.165) is 56.9 Å². The molecule has 2 aromatic carbocycles. The third kappa shape index (κ3) is 5.99. The second-order valence-electron chi connectivity index (χ2n) is 10.8. The lowest BCUT2D eigenvalue weighted by Crippen LogP contribution is -2.36. The second kappa shape index (κ2) is 11.9. The first-order valence-electron chi connectivity index (χ1n) is 13.6. The van der Waals surface area contributed by atoms with Crippen LogP contribution in [-0.2, 0) is 4.79 Å². The highest BCUT2D eigenvalue weighted by molar-refractivity contribution is 7.98. The van der Waals surface area contributed by atoms with Gasteiger partial charge >= 0.3 is 0 Å². The number of amides is 2. The van der Waals surface area contributed by atoms with E-state index in [9.17, 15) is 9.59 Å². The van der Waals surface area contributed by atoms with Crippen LogP contribution in [0.2, 0.25) is 0 Å². The standard InChI is InChI=1S/C30H39N3O3S/c1-36-28-16-25(37-2)12-13-26(28)30(35)33-19-23-17-32(18-24(23)20-33)15-14-27(21-8-4-3-5-9-21)31-29(34)22-10-6-7-11-22/h3-5,8-9,12-13,16,22-24,27H,6-7,10-11,14-15,17-20H2,1-2H3,(H,31,34)/t23?,24?,27-/m0/s1. The van der Waals surface area contributed by atoms with Gasteiger partial charge in [0.25, 0.3) is 5.91 Å². The van der Waals surface area contributed by atoms with Crippen LogP contribution in [0.25, 0.3) is 0 Å². The molecule has 37 heavy (non-hydrogen) atoms. The fourth-order valence-corrected chi connectivity index (χ4v) is 6.81. The van der Waals surface area contributed by atoms with Crippen molar-refractivity contribution in [1.29, 1.82) is 0 Å². The Kier molecular flexibility index (Phi) is 8.40. The number of likely N-dealkylation sites (tertiary alicyclic amines) is 2. The molecule has 1 N–H and O–H groups in total. The monoisotopic (exact) mass is 521 g/mol. The molecule has 1 saturated carbocycles. The third-order valence-corrected chi connectivity index (χ3v) is 9.19. The van der Waals surface area contributed by atoms with Crippen molar-refractivity contribution in [3.63, 3.8) is 0 Å². The number of nitrogens with one attached hydrogen (secondary N) is 1. The number of fused-ring (bicyclic) bond motifs is 1. The molecular formula is C30H39N3O3S. The predicted molar refractivity (Wildman–Crippen MR) is 148 cm³/mol. The summed E-state index contributed by atoms with van der Waals surface area (Å²) < 4.78 is 5.53. The maximum Gasteiger partial charge on any atom is 0.257 e. The molecule has 2 amide bonds. The molecule has 0 radical (unpaired) electrons. The molecule has 5 rings (SSSR count). The minimum Gasteiger partial charge on any atom is -0.496 e. The van der Waals surface area contributed by atoms with Crippen LogP contribution in [-0.4, -0.2) is 67.7 Å². The lowest BCUT2D eigenvalue weighted by atomic mass is 10.0. The van der Waals surface area contributed by atoms with Gasteiger partial charge in [-0.1, -0.05) is 43.2 Å². The molecule has 2 unspecified atom stereocenters. The highest BCUT2D eigenvalue weighted by Crippen LogP contribution is 2.34. The van der Waals surface area contributed by atoms with Gasteiger partial charge in [-0.2, -0.15) is 0 Å². The summed E-state index contributed by atoms with van der Waals surface area (Å²) in [5.41, 5.74) is 1.84. The number of carbonyl (C=O) groups is 2. The molecule has 6 nitrogen and oxygen atoms in total. The summed E-state index contributed by atoms with van der Waals surface area (Å²) in [6.45, 7) is 4.57. The van der Waals surface area contributed by atoms with Crippen molar-refractivity contribution in [2.24, 2.45) is 17.8 Å². The van der Waals surface area contributed by atoms with Crippen LogP contribution < -0.4 is 10.1 Å². The SMILES string of the molecule is COc1cc(SC)ccc1C(=O)N1CC2CN(CC[C@H](NC(=O)C3CCCC3)c3ccccc3)CC2C1. The average Bonchev–Trinajstić information content (AvgIpc) is 3.68. The van der Waals surface area contributed by atoms with Gasteiger partial charge in [0, 0.05) is 43.5 Å². The molecule has 0 aromatic heterocycles. The zero-order valence-corrected chi connectivity index (χ0v) is 22.8. The van der Waals surface area contributed by atoms with Crippen LogP contribution >= 0.6 is 11.8 Å². The minimum atomic E-state index is 0.0459. The topological polar surface area (TPSA) is 61.9 Å². The predicted octanol–water partition coefficient (Wildman–Crippen LogP) is 4.86. The normalized spacial score (nSPS) is 22.7. The Morgan fingerprint density at radius 2 is 1.73 bits per heavy atom. The van der Waals surface area contributed by atoms with Crippen molar-refractivity contribution in [1.82, 2.24) is 15.1 Å². The van der Waals surface area contributed by atoms with E-state index in [-0.39, 0.29) is 23.8 Å². The number of benzene rings is 2. The van der Waals surface area contributed by atoms with Crippen LogP contribution in [0.5, 0.6) is 5.75 Å². The zero-order chi connectivity index (χ0) is 25.8. The van der Waals surface area contributed by atoms with E-state index in [0.29, 0.717) is 23.1 Å². The van der Waals surface area contributed by atoms with Crippen molar-refractivity contribution < 1.29 is 14.3 Å². The van der Waals surface area contributed by atoms with Gasteiger partial charge in [-0.3, -0.25) is 9.59 Å². The quantitative estimate of drug-likeness (QED) is 0.478. The van der Waals surface area contributed by atoms with Crippen LogP contribution in [0.3, 0.4) is 0 Å². The molecule has 7 heteroatoms. The van der Waals surface area contributed by atoms with Crippen LogP contribution in [0.4, 0.5) is 0 Å². The molecule has 3 aliphatic rings. The first kappa shape index (κ1) is 26.1. The average molecular weight is 522 g/mol. The first-order valence-corrected chi connectivity index (χ1v) is 14.9. The first-order chi connectivity index (χ1) is 18.1. The summed E-state index contributed by atoms with van der Waals surface area (Å²) in [5, 5.41) is 3.38. The molecular weight excluding hydrogens is 482 g/mol. The fraction of sp³-hybridized carbons (Fsp3) is 0.533. The lowest BCUT2D eigenvalue weighted by molar-refractivity contribution is -0.125. The molecule has 3 fully saturated rings. The number of nitrogens with zero attached hydrogens (tertiary/aromatic N) is 2. The molecule has 1 aliphatic carbocycles. The Morgan fingerprint density at radius 3 is 2.38 bits per heavy atom. The summed E-state index contributed by atoms with van der Waals surface area (Å²) in [6, 6.07) is 16.3. The number of rotatable bonds is 9. The van der Waals surface area contributed by atoms with E-state index in [1.165, 1.54) is 18.4 Å². The molecule has 2 saturated heterocycles. The highest BCUT2D eigenvalue weighted by Gasteiger charge is 2.42. The fourth-order valence-electron chi connectivity index (χ4n) is 6.38. The van der Waals surface area contributed by atoms with Crippen LogP contribution in [0, 0.1) is 17.8 Å². The number of hydrogen-bond acceptors (Lipinski definition) is 5. The Morgan fingerprint density at radius 1 is 1.03 bits per heavy atom. The van der Waals surface area contributed by atoms with Crippen molar-refractivity contribution in [2.75, 3.05) is 46.1 Å². The summed E-state index contributed by atoms with van der Waals surface area (Å²) in [6.07, 6.45) is 7.30. The third-order valence-electron chi connectivity index (χ3n) is 8.47. The van der Waals surface area contributed by atoms with Crippen molar-refractivity contribution >= 4 is 23.6 Å². The Bertz CT molecular complexity index is 1070. The summed E-state index contributed by atoms with van der Waals surface area (Å²) in [7, 11) is 1.63. The summed E-state index contributed by atoms with van der Waals surface area (Å²) in [5.74, 6) is 2.13. The number of ether oxygens (including phenoxy) is 1. The number of methoxy groups -OCH3 is 1. The molecule has 198 valence electrons. The molecule has 0 spiro atoms. The van der Waals surface area contributed by atoms with Gasteiger partial charge in [0.2, 0.25) is 5.91 Å². The van der Waals surface area contributed by atoms with E-state index in [2.05, 4.69) is 34.5 Å². The number of hydrogen-bond donors (Lipinski definition) is 1. The smallest absolute Gasteiger partial charge is 0.257 e. The summed E-state index contributed by atoms with van der Waals surface area (Å²) >= 11 is 1.65. The van der Waals surface area contributed by atoms with Crippen molar-refractivity contribution in [3.05, 3.63) is 59.7 Å². The maximum absolute atomic E-state index is 13.3. The van der Waals surface area contributed by atoms with Gasteiger partial charge in [-0.05, 0) is 61.1 Å². The number of thioether (sulfide) groups is 1. The van der Waals surface area contributed by atoms with E-state index in [1.54, 1.807) is 18.9 Å². The lowest BCUT2D eigenvalue weighted by Gasteiger charge is -2.26. The van der Waals surface area contributed by atoms with Gasteiger partial charge < -0.3 is 19.9 Å². The molecule has 2 aromatic rings. The molecule has 2 aliphatic heterocycles. The largest absolute Gasteiger partial charge is 0.496 e. The molecule has 2 heterocycles. The van der Waals surface area contributed by atoms with Gasteiger partial charge in [0.05, 0.1) is 18.7 Å². The van der Waals surface area contributed by atoms with Crippen molar-refractivity contribution in [3.8, 4) is 5.75 Å². The van der Waals surface area contributed by atoms with E-state index in [4.69, 9.17) is 4.74 Å². The Labute approximate surface area is 225 Å². The number of carbonyl (C=O) groups excluding carboxylic acids is 2. The zero-order valence-electron chi connectivity index (χ0n) is 22.0. The Hall–Kier alpha value is -2.51. The van der Waals surface area contributed by atoms with Crippen LogP contribution in [0.15, 0.2) is 53.4 Å². The van der Waals surface area contributed by atoms with E-state index in [1.807, 2.05) is 35.4 Å². The van der Waals surface area contributed by atoms with Gasteiger partial charge in [0.15, 0.2) is 0 Å². The highest BCUT2D eigenvalue weighted by atomic mass is 32.2. The van der Waals surface area contributed by atoms with Gasteiger partial charge in [-0.15, -0.1) is 11.8 Å². The Balaban J connectivity index is 1.16. The minimum absolute atomic E-state index is 0.0459. The van der Waals surface area contributed by atoms with E-state index < -0.39 is 0 Å². The molecule has 0 bridgehead atoms. The van der Waals surface area contributed by atoms with Gasteiger partial charge in [-0.25, -0.2) is 0 Å². The maximum atomic E-state index is 13.3.